The molecule has 1 aromatic heterocycles. The van der Waals surface area contributed by atoms with Gasteiger partial charge in [0.25, 0.3) is 5.56 Å². The molecular formula is C18H21N3O3S. The smallest absolute Gasteiger partial charge is 0.254 e. The van der Waals surface area contributed by atoms with Crippen LogP contribution in [0.1, 0.15) is 31.0 Å². The molecule has 0 fully saturated rings. The number of aryl methyl sites for hydroxylation is 1. The van der Waals surface area contributed by atoms with Gasteiger partial charge in [-0.15, -0.1) is 0 Å². The van der Waals surface area contributed by atoms with Crippen LogP contribution < -0.4 is 15.6 Å². The van der Waals surface area contributed by atoms with Crippen LogP contribution >= 0.6 is 11.8 Å². The number of H-pyrrole nitrogens is 1. The van der Waals surface area contributed by atoms with Crippen molar-refractivity contribution in [3.63, 3.8) is 0 Å². The molecule has 1 amide bonds. The maximum absolute atomic E-state index is 12.5. The minimum atomic E-state index is -0.408. The number of nitrogens with one attached hydrogen (secondary N) is 2. The molecule has 132 valence electrons. The number of anilines is 1. The van der Waals surface area contributed by atoms with Crippen molar-refractivity contribution >= 4 is 23.4 Å². The molecule has 1 aliphatic carbocycles. The van der Waals surface area contributed by atoms with Crippen molar-refractivity contribution in [2.24, 2.45) is 0 Å². The predicted molar refractivity (Wildman–Crippen MR) is 98.4 cm³/mol. The minimum absolute atomic E-state index is 0.0791. The second-order valence-electron chi connectivity index (χ2n) is 5.95. The number of methoxy groups -OCH3 is 1. The molecule has 0 bridgehead atoms. The lowest BCUT2D eigenvalue weighted by Gasteiger charge is -2.16. The van der Waals surface area contributed by atoms with Crippen molar-refractivity contribution in [2.75, 3.05) is 12.4 Å². The third-order valence-corrected chi connectivity index (χ3v) is 5.18. The molecule has 0 unspecified atom stereocenters. The zero-order chi connectivity index (χ0) is 17.8. The van der Waals surface area contributed by atoms with Crippen LogP contribution in [0.25, 0.3) is 0 Å². The number of amides is 1. The van der Waals surface area contributed by atoms with Crippen molar-refractivity contribution in [1.82, 2.24) is 9.97 Å². The summed E-state index contributed by atoms with van der Waals surface area (Å²) >= 11 is 1.25. The lowest BCUT2D eigenvalue weighted by atomic mass is 9.97. The number of benzene rings is 1. The first-order valence-corrected chi connectivity index (χ1v) is 9.19. The number of ether oxygens (including phenoxy) is 1. The molecule has 3 rings (SSSR count). The van der Waals surface area contributed by atoms with Gasteiger partial charge in [-0.2, -0.15) is 0 Å². The quantitative estimate of drug-likeness (QED) is 0.633. The lowest BCUT2D eigenvalue weighted by Crippen LogP contribution is -2.25. The molecule has 25 heavy (non-hydrogen) atoms. The summed E-state index contributed by atoms with van der Waals surface area (Å²) in [4.78, 5) is 32.0. The van der Waals surface area contributed by atoms with E-state index < -0.39 is 5.25 Å². The van der Waals surface area contributed by atoms with Crippen LogP contribution in [-0.4, -0.2) is 28.2 Å². The van der Waals surface area contributed by atoms with Gasteiger partial charge in [-0.1, -0.05) is 23.9 Å². The van der Waals surface area contributed by atoms with E-state index in [0.717, 1.165) is 36.9 Å². The Balaban J connectivity index is 1.71. The fourth-order valence-corrected chi connectivity index (χ4v) is 3.65. The first-order valence-electron chi connectivity index (χ1n) is 8.31. The van der Waals surface area contributed by atoms with Crippen molar-refractivity contribution in [3.8, 4) is 5.75 Å². The average molecular weight is 359 g/mol. The van der Waals surface area contributed by atoms with E-state index in [2.05, 4.69) is 15.3 Å². The van der Waals surface area contributed by atoms with Gasteiger partial charge in [0.1, 0.15) is 5.75 Å². The number of fused-ring (bicyclic) bond motifs is 1. The van der Waals surface area contributed by atoms with E-state index in [1.54, 1.807) is 26.2 Å². The third-order valence-electron chi connectivity index (χ3n) is 4.19. The van der Waals surface area contributed by atoms with Crippen LogP contribution in [0.15, 0.2) is 34.2 Å². The summed E-state index contributed by atoms with van der Waals surface area (Å²) < 4.78 is 5.24. The van der Waals surface area contributed by atoms with Crippen molar-refractivity contribution in [1.29, 1.82) is 0 Å². The molecule has 0 spiro atoms. The van der Waals surface area contributed by atoms with Gasteiger partial charge in [0.05, 0.1) is 23.7 Å². The first kappa shape index (κ1) is 17.5. The van der Waals surface area contributed by atoms with Crippen LogP contribution in [-0.2, 0) is 17.6 Å². The lowest BCUT2D eigenvalue weighted by molar-refractivity contribution is -0.115. The zero-order valence-electron chi connectivity index (χ0n) is 14.3. The summed E-state index contributed by atoms with van der Waals surface area (Å²) in [5.41, 5.74) is 2.20. The normalized spacial score (nSPS) is 14.5. The summed E-state index contributed by atoms with van der Waals surface area (Å²) in [7, 11) is 1.56. The Morgan fingerprint density at radius 1 is 1.32 bits per heavy atom. The van der Waals surface area contributed by atoms with Crippen LogP contribution in [0.2, 0.25) is 0 Å². The van der Waals surface area contributed by atoms with Gasteiger partial charge >= 0.3 is 0 Å². The zero-order valence-corrected chi connectivity index (χ0v) is 15.1. The maximum Gasteiger partial charge on any atom is 0.254 e. The number of aromatic nitrogens is 2. The molecule has 2 N–H and O–H groups in total. The molecule has 7 heteroatoms. The Hall–Kier alpha value is -2.28. The van der Waals surface area contributed by atoms with E-state index in [-0.39, 0.29) is 11.5 Å². The number of hydrogen-bond acceptors (Lipinski definition) is 5. The Morgan fingerprint density at radius 2 is 2.08 bits per heavy atom. The Kier molecular flexibility index (Phi) is 5.43. The number of para-hydroxylation sites is 2. The highest BCUT2D eigenvalue weighted by molar-refractivity contribution is 8.00. The van der Waals surface area contributed by atoms with E-state index in [1.165, 1.54) is 11.8 Å². The van der Waals surface area contributed by atoms with Crippen molar-refractivity contribution in [2.45, 2.75) is 43.0 Å². The molecular weight excluding hydrogens is 338 g/mol. The Labute approximate surface area is 150 Å². The molecule has 6 nitrogen and oxygen atoms in total. The van der Waals surface area contributed by atoms with Crippen LogP contribution in [0, 0.1) is 0 Å². The van der Waals surface area contributed by atoms with Gasteiger partial charge in [0, 0.05) is 5.56 Å². The fourth-order valence-electron chi connectivity index (χ4n) is 2.84. The van der Waals surface area contributed by atoms with Crippen LogP contribution in [0.5, 0.6) is 5.75 Å². The fraction of sp³-hybridized carbons (Fsp3) is 0.389. The highest BCUT2D eigenvalue weighted by atomic mass is 32.2. The van der Waals surface area contributed by atoms with Gasteiger partial charge in [-0.25, -0.2) is 4.98 Å². The second kappa shape index (κ2) is 7.74. The predicted octanol–water partition coefficient (Wildman–Crippen LogP) is 2.78. The molecule has 0 saturated carbocycles. The molecule has 0 aliphatic heterocycles. The highest BCUT2D eigenvalue weighted by Crippen LogP contribution is 2.26. The van der Waals surface area contributed by atoms with E-state index in [0.29, 0.717) is 16.6 Å². The summed E-state index contributed by atoms with van der Waals surface area (Å²) in [6, 6.07) is 7.25. The third kappa shape index (κ3) is 4.04. The molecule has 0 saturated heterocycles. The Morgan fingerprint density at radius 3 is 2.88 bits per heavy atom. The highest BCUT2D eigenvalue weighted by Gasteiger charge is 2.20. The Bertz CT molecular complexity index is 835. The monoisotopic (exact) mass is 359 g/mol. The van der Waals surface area contributed by atoms with E-state index >= 15 is 0 Å². The summed E-state index contributed by atoms with van der Waals surface area (Å²) in [5.74, 6) is 0.434. The topological polar surface area (TPSA) is 84.1 Å². The van der Waals surface area contributed by atoms with E-state index in [4.69, 9.17) is 4.74 Å². The number of nitrogens with zero attached hydrogens (tertiary/aromatic N) is 1. The second-order valence-corrected chi connectivity index (χ2v) is 7.28. The van der Waals surface area contributed by atoms with Gasteiger partial charge in [0.2, 0.25) is 5.91 Å². The number of thioether (sulfide) groups is 1. The van der Waals surface area contributed by atoms with Crippen LogP contribution in [0.4, 0.5) is 5.69 Å². The number of aromatic amines is 1. The van der Waals surface area contributed by atoms with E-state index in [9.17, 15) is 9.59 Å². The first-order chi connectivity index (χ1) is 12.1. The molecule has 1 aromatic carbocycles. The standard InChI is InChI=1S/C18H21N3O3S/c1-11(16(22)19-14-9-5-6-10-15(14)24-2)25-18-20-13-8-4-3-7-12(13)17(23)21-18/h5-6,9-11H,3-4,7-8H2,1-2H3,(H,19,22)(H,20,21,23)/t11-/m0/s1. The number of rotatable bonds is 5. The molecule has 2 aromatic rings. The maximum atomic E-state index is 12.5. The largest absolute Gasteiger partial charge is 0.495 e. The number of carbonyl (C=O) groups is 1. The summed E-state index contributed by atoms with van der Waals surface area (Å²) in [5, 5.41) is 2.94. The molecule has 1 aliphatic rings. The van der Waals surface area contributed by atoms with Gasteiger partial charge in [0.15, 0.2) is 5.16 Å². The molecule has 1 heterocycles. The SMILES string of the molecule is COc1ccccc1NC(=O)[C@H](C)Sc1nc2c(c(=O)[nH]1)CCCC2. The molecule has 0 radical (unpaired) electrons. The van der Waals surface area contributed by atoms with E-state index in [1.807, 2.05) is 12.1 Å². The average Bonchev–Trinajstić information content (AvgIpc) is 2.62. The van der Waals surface area contributed by atoms with Crippen LogP contribution in [0.3, 0.4) is 0 Å². The summed E-state index contributed by atoms with van der Waals surface area (Å²) in [6.45, 7) is 1.79. The number of hydrogen-bond donors (Lipinski definition) is 2. The van der Waals surface area contributed by atoms with Gasteiger partial charge in [-0.3, -0.25) is 9.59 Å². The van der Waals surface area contributed by atoms with Crippen molar-refractivity contribution < 1.29 is 9.53 Å². The number of carbonyl (C=O) groups excluding carboxylic acids is 1. The summed E-state index contributed by atoms with van der Waals surface area (Å²) in [6.07, 6.45) is 3.69. The van der Waals surface area contributed by atoms with Gasteiger partial charge in [-0.05, 0) is 44.7 Å². The van der Waals surface area contributed by atoms with Gasteiger partial charge < -0.3 is 15.0 Å². The van der Waals surface area contributed by atoms with Crippen molar-refractivity contribution in [3.05, 3.63) is 45.9 Å². The molecule has 1 atom stereocenters. The minimum Gasteiger partial charge on any atom is -0.495 e.